The first-order valence-corrected chi connectivity index (χ1v) is 8.26. The topological polar surface area (TPSA) is 117 Å². The molecule has 1 heterocycles. The Hall–Kier alpha value is -3.88. The number of nitro benzene ring substituents is 1. The number of nitrogens with one attached hydrogen (secondary N) is 1. The molecule has 1 aliphatic rings. The number of ether oxygens (including phenoxy) is 3. The number of esters is 1. The second-order valence-corrected chi connectivity index (χ2v) is 5.82. The van der Waals surface area contributed by atoms with Crippen LogP contribution in [0.2, 0.25) is 0 Å². The molecule has 0 bridgehead atoms. The SMILES string of the molecule is CC(OC(=O)C=Cc1ccc2c(c1)OCO2)C(=O)Nc1cccc([N+](=O)[O-])c1. The first-order valence-electron chi connectivity index (χ1n) is 8.26. The van der Waals surface area contributed by atoms with Gasteiger partial charge < -0.3 is 19.5 Å². The van der Waals surface area contributed by atoms with Gasteiger partial charge in [-0.25, -0.2) is 4.79 Å². The van der Waals surface area contributed by atoms with E-state index >= 15 is 0 Å². The van der Waals surface area contributed by atoms with Crippen molar-refractivity contribution in [1.82, 2.24) is 0 Å². The van der Waals surface area contributed by atoms with E-state index < -0.39 is 22.9 Å². The maximum absolute atomic E-state index is 12.1. The molecule has 0 fully saturated rings. The van der Waals surface area contributed by atoms with Crippen molar-refractivity contribution in [2.75, 3.05) is 12.1 Å². The fourth-order valence-corrected chi connectivity index (χ4v) is 2.39. The third-order valence-electron chi connectivity index (χ3n) is 3.80. The number of anilines is 1. The van der Waals surface area contributed by atoms with Crippen LogP contribution < -0.4 is 14.8 Å². The predicted octanol–water partition coefficient (Wildman–Crippen LogP) is 2.91. The highest BCUT2D eigenvalue weighted by Gasteiger charge is 2.18. The van der Waals surface area contributed by atoms with Crippen molar-refractivity contribution in [3.63, 3.8) is 0 Å². The molecule has 1 N–H and O–H groups in total. The second kappa shape index (κ2) is 8.21. The van der Waals surface area contributed by atoms with Crippen LogP contribution >= 0.6 is 0 Å². The molecule has 9 heteroatoms. The van der Waals surface area contributed by atoms with E-state index in [1.165, 1.54) is 43.3 Å². The summed E-state index contributed by atoms with van der Waals surface area (Å²) in [6, 6.07) is 10.6. The molecule has 144 valence electrons. The lowest BCUT2D eigenvalue weighted by Crippen LogP contribution is -2.29. The first-order chi connectivity index (χ1) is 13.4. The van der Waals surface area contributed by atoms with Gasteiger partial charge in [-0.1, -0.05) is 12.1 Å². The first kappa shape index (κ1) is 18.9. The van der Waals surface area contributed by atoms with Gasteiger partial charge in [0.2, 0.25) is 6.79 Å². The maximum Gasteiger partial charge on any atom is 0.331 e. The molecule has 1 unspecified atom stereocenters. The van der Waals surface area contributed by atoms with Crippen molar-refractivity contribution in [2.45, 2.75) is 13.0 Å². The quantitative estimate of drug-likeness (QED) is 0.352. The second-order valence-electron chi connectivity index (χ2n) is 5.82. The highest BCUT2D eigenvalue weighted by molar-refractivity contribution is 5.96. The standard InChI is InChI=1S/C19H16N2O7/c1-12(19(23)20-14-3-2-4-15(10-14)21(24)25)28-18(22)8-6-13-5-7-16-17(9-13)27-11-26-16/h2-10,12H,11H2,1H3,(H,20,23). The lowest BCUT2D eigenvalue weighted by molar-refractivity contribution is -0.384. The average molecular weight is 384 g/mol. The van der Waals surface area contributed by atoms with Crippen LogP contribution in [0, 0.1) is 10.1 Å². The van der Waals surface area contributed by atoms with Gasteiger partial charge >= 0.3 is 5.97 Å². The molecule has 28 heavy (non-hydrogen) atoms. The van der Waals surface area contributed by atoms with Gasteiger partial charge in [0.05, 0.1) is 4.92 Å². The minimum Gasteiger partial charge on any atom is -0.454 e. The van der Waals surface area contributed by atoms with Crippen molar-refractivity contribution in [3.05, 3.63) is 64.2 Å². The van der Waals surface area contributed by atoms with Gasteiger partial charge in [-0.15, -0.1) is 0 Å². The van der Waals surface area contributed by atoms with E-state index in [9.17, 15) is 19.7 Å². The van der Waals surface area contributed by atoms with Crippen LogP contribution in [0.3, 0.4) is 0 Å². The van der Waals surface area contributed by atoms with Crippen LogP contribution in [-0.2, 0) is 14.3 Å². The van der Waals surface area contributed by atoms with E-state index in [1.54, 1.807) is 18.2 Å². The summed E-state index contributed by atoms with van der Waals surface area (Å²) in [4.78, 5) is 34.2. The molecular weight excluding hydrogens is 368 g/mol. The number of carbonyl (C=O) groups excluding carboxylic acids is 2. The summed E-state index contributed by atoms with van der Waals surface area (Å²) >= 11 is 0. The summed E-state index contributed by atoms with van der Waals surface area (Å²) in [6.07, 6.45) is 1.62. The Morgan fingerprint density at radius 1 is 1.21 bits per heavy atom. The maximum atomic E-state index is 12.1. The summed E-state index contributed by atoms with van der Waals surface area (Å²) in [5, 5.41) is 13.2. The normalized spacial score (nSPS) is 13.2. The largest absolute Gasteiger partial charge is 0.454 e. The molecule has 0 radical (unpaired) electrons. The zero-order valence-electron chi connectivity index (χ0n) is 14.8. The third-order valence-corrected chi connectivity index (χ3v) is 3.80. The number of fused-ring (bicyclic) bond motifs is 1. The minimum atomic E-state index is -1.09. The molecular formula is C19H16N2O7. The molecule has 9 nitrogen and oxygen atoms in total. The summed E-state index contributed by atoms with van der Waals surface area (Å²) in [5.74, 6) is -0.101. The van der Waals surface area contributed by atoms with Crippen LogP contribution in [0.5, 0.6) is 11.5 Å². The van der Waals surface area contributed by atoms with Gasteiger partial charge in [0.15, 0.2) is 17.6 Å². The zero-order valence-corrected chi connectivity index (χ0v) is 14.8. The molecule has 2 aromatic carbocycles. The number of hydrogen-bond acceptors (Lipinski definition) is 7. The van der Waals surface area contributed by atoms with E-state index in [4.69, 9.17) is 14.2 Å². The van der Waals surface area contributed by atoms with E-state index in [2.05, 4.69) is 5.32 Å². The van der Waals surface area contributed by atoms with Gasteiger partial charge in [-0.3, -0.25) is 14.9 Å². The molecule has 0 saturated carbocycles. The Morgan fingerprint density at radius 2 is 2.00 bits per heavy atom. The van der Waals surface area contributed by atoms with Gasteiger partial charge in [-0.2, -0.15) is 0 Å². The summed E-state index contributed by atoms with van der Waals surface area (Å²) in [7, 11) is 0. The van der Waals surface area contributed by atoms with E-state index in [-0.39, 0.29) is 18.2 Å². The van der Waals surface area contributed by atoms with Crippen molar-refractivity contribution in [3.8, 4) is 11.5 Å². The van der Waals surface area contributed by atoms with Gasteiger partial charge in [-0.05, 0) is 36.8 Å². The Bertz CT molecular complexity index is 955. The van der Waals surface area contributed by atoms with Gasteiger partial charge in [0.1, 0.15) is 0 Å². The average Bonchev–Trinajstić information content (AvgIpc) is 3.14. The van der Waals surface area contributed by atoms with Gasteiger partial charge in [0.25, 0.3) is 11.6 Å². The van der Waals surface area contributed by atoms with Crippen molar-refractivity contribution >= 4 is 29.3 Å². The number of amides is 1. The lowest BCUT2D eigenvalue weighted by Gasteiger charge is -2.12. The van der Waals surface area contributed by atoms with Crippen LogP contribution in [0.25, 0.3) is 6.08 Å². The Kier molecular flexibility index (Phi) is 5.54. The number of nitrogens with zero attached hydrogens (tertiary/aromatic N) is 1. The van der Waals surface area contributed by atoms with Crippen LogP contribution in [0.1, 0.15) is 12.5 Å². The van der Waals surface area contributed by atoms with E-state index in [1.807, 2.05) is 0 Å². The monoisotopic (exact) mass is 384 g/mol. The molecule has 1 atom stereocenters. The smallest absolute Gasteiger partial charge is 0.331 e. The number of non-ortho nitro benzene ring substituents is 1. The number of carbonyl (C=O) groups is 2. The third kappa shape index (κ3) is 4.64. The highest BCUT2D eigenvalue weighted by atomic mass is 16.7. The molecule has 0 spiro atoms. The summed E-state index contributed by atoms with van der Waals surface area (Å²) in [6.45, 7) is 1.56. The van der Waals surface area contributed by atoms with Crippen LogP contribution in [0.4, 0.5) is 11.4 Å². The van der Waals surface area contributed by atoms with Crippen LogP contribution in [-0.4, -0.2) is 29.7 Å². The molecule has 0 saturated heterocycles. The van der Waals surface area contributed by atoms with Crippen molar-refractivity contribution in [2.24, 2.45) is 0 Å². The molecule has 0 aliphatic carbocycles. The molecule has 3 rings (SSSR count). The predicted molar refractivity (Wildman–Crippen MR) is 98.9 cm³/mol. The number of rotatable bonds is 6. The number of benzene rings is 2. The fraction of sp³-hybridized carbons (Fsp3) is 0.158. The van der Waals surface area contributed by atoms with Gasteiger partial charge in [0, 0.05) is 23.9 Å². The lowest BCUT2D eigenvalue weighted by atomic mass is 10.2. The number of hydrogen-bond donors (Lipinski definition) is 1. The minimum absolute atomic E-state index is 0.155. The summed E-state index contributed by atoms with van der Waals surface area (Å²) in [5.41, 5.74) is 0.780. The Balaban J connectivity index is 1.55. The molecule has 2 aromatic rings. The number of nitro groups is 1. The molecule has 1 amide bonds. The fourth-order valence-electron chi connectivity index (χ4n) is 2.39. The molecule has 1 aliphatic heterocycles. The Morgan fingerprint density at radius 3 is 2.79 bits per heavy atom. The highest BCUT2D eigenvalue weighted by Crippen LogP contribution is 2.32. The van der Waals surface area contributed by atoms with Crippen molar-refractivity contribution in [1.29, 1.82) is 0 Å². The van der Waals surface area contributed by atoms with Crippen molar-refractivity contribution < 1.29 is 28.7 Å². The molecule has 0 aromatic heterocycles. The van der Waals surface area contributed by atoms with Crippen LogP contribution in [0.15, 0.2) is 48.5 Å². The summed E-state index contributed by atoms with van der Waals surface area (Å²) < 4.78 is 15.5. The Labute approximate surface area is 159 Å². The van der Waals surface area contributed by atoms with E-state index in [0.29, 0.717) is 17.1 Å². The zero-order chi connectivity index (χ0) is 20.1. The van der Waals surface area contributed by atoms with E-state index in [0.717, 1.165) is 0 Å².